The fourth-order valence-electron chi connectivity index (χ4n) is 2.73. The molecule has 2 rings (SSSR count). The molecule has 0 aromatic heterocycles. The predicted molar refractivity (Wildman–Crippen MR) is 66.5 cm³/mol. The number of likely N-dealkylation sites (tertiary alicyclic amines) is 1. The van der Waals surface area contributed by atoms with Gasteiger partial charge in [0.1, 0.15) is 0 Å². The summed E-state index contributed by atoms with van der Waals surface area (Å²) in [5.74, 6) is -1.62. The number of hydrogen-bond donors (Lipinski definition) is 1. The van der Waals surface area contributed by atoms with E-state index in [0.717, 1.165) is 12.8 Å². The molecule has 1 spiro atoms. The minimum absolute atomic E-state index is 0.00748. The van der Waals surface area contributed by atoms with Crippen molar-refractivity contribution in [3.8, 4) is 0 Å². The topological polar surface area (TPSA) is 76.1 Å². The summed E-state index contributed by atoms with van der Waals surface area (Å²) in [6.45, 7) is 4.11. The van der Waals surface area contributed by atoms with E-state index < -0.39 is 11.8 Å². The van der Waals surface area contributed by atoms with Crippen LogP contribution in [0.1, 0.15) is 32.6 Å². The van der Waals surface area contributed by atoms with Crippen molar-refractivity contribution in [3.63, 3.8) is 0 Å². The lowest BCUT2D eigenvalue weighted by Gasteiger charge is -2.38. The van der Waals surface area contributed by atoms with Crippen LogP contribution >= 0.6 is 0 Å². The zero-order chi connectivity index (χ0) is 13.9. The third-order valence-corrected chi connectivity index (χ3v) is 3.63. The monoisotopic (exact) mass is 271 g/mol. The molecule has 1 N–H and O–H groups in total. The van der Waals surface area contributed by atoms with Crippen LogP contribution < -0.4 is 0 Å². The maximum absolute atomic E-state index is 12.2. The molecule has 6 heteroatoms. The molecule has 0 aromatic carbocycles. The Bertz CT molecular complexity index is 351. The summed E-state index contributed by atoms with van der Waals surface area (Å²) in [6, 6.07) is 0. The number of carboxylic acids is 1. The van der Waals surface area contributed by atoms with Gasteiger partial charge in [-0.2, -0.15) is 0 Å². The van der Waals surface area contributed by atoms with E-state index in [4.69, 9.17) is 14.6 Å². The number of nitrogens with zero attached hydrogens (tertiary/aromatic N) is 1. The van der Waals surface area contributed by atoms with E-state index in [1.54, 1.807) is 11.8 Å². The van der Waals surface area contributed by atoms with Gasteiger partial charge in [0.2, 0.25) is 5.91 Å². The van der Waals surface area contributed by atoms with Crippen molar-refractivity contribution >= 4 is 11.9 Å². The van der Waals surface area contributed by atoms with E-state index in [1.165, 1.54) is 0 Å². The maximum Gasteiger partial charge on any atom is 0.303 e. The van der Waals surface area contributed by atoms with Crippen molar-refractivity contribution in [2.75, 3.05) is 26.3 Å². The molecular formula is C13H21NO5. The minimum Gasteiger partial charge on any atom is -0.481 e. The summed E-state index contributed by atoms with van der Waals surface area (Å²) >= 11 is 0. The molecule has 2 saturated heterocycles. The van der Waals surface area contributed by atoms with E-state index in [1.807, 2.05) is 0 Å². The van der Waals surface area contributed by atoms with Gasteiger partial charge in [-0.3, -0.25) is 9.59 Å². The number of amides is 1. The van der Waals surface area contributed by atoms with Crippen molar-refractivity contribution in [1.29, 1.82) is 0 Å². The average molecular weight is 271 g/mol. The summed E-state index contributed by atoms with van der Waals surface area (Å²) in [5.41, 5.74) is 0. The number of piperidine rings is 1. The van der Waals surface area contributed by atoms with Crippen LogP contribution in [-0.4, -0.2) is 54.0 Å². The fraction of sp³-hybridized carbons (Fsp3) is 0.846. The molecule has 0 radical (unpaired) electrons. The number of carboxylic acid groups (broad SMARTS) is 1. The molecule has 0 bridgehead atoms. The maximum atomic E-state index is 12.2. The molecule has 19 heavy (non-hydrogen) atoms. The van der Waals surface area contributed by atoms with Crippen LogP contribution in [0.4, 0.5) is 0 Å². The lowest BCUT2D eigenvalue weighted by Crippen LogP contribution is -2.51. The van der Waals surface area contributed by atoms with Gasteiger partial charge in [0.25, 0.3) is 0 Å². The Morgan fingerprint density at radius 2 is 2.00 bits per heavy atom. The van der Waals surface area contributed by atoms with Crippen LogP contribution in [0.2, 0.25) is 0 Å². The smallest absolute Gasteiger partial charge is 0.303 e. The van der Waals surface area contributed by atoms with Gasteiger partial charge in [-0.25, -0.2) is 0 Å². The van der Waals surface area contributed by atoms with Gasteiger partial charge in [-0.15, -0.1) is 0 Å². The molecule has 1 atom stereocenters. The van der Waals surface area contributed by atoms with Crippen LogP contribution in [0.15, 0.2) is 0 Å². The molecule has 0 aliphatic carbocycles. The first-order valence-electron chi connectivity index (χ1n) is 6.78. The van der Waals surface area contributed by atoms with E-state index in [-0.39, 0.29) is 24.7 Å². The molecule has 2 aliphatic rings. The predicted octanol–water partition coefficient (Wildman–Crippen LogP) is 0.853. The van der Waals surface area contributed by atoms with Crippen LogP contribution in [0.25, 0.3) is 0 Å². The Labute approximate surface area is 112 Å². The van der Waals surface area contributed by atoms with Gasteiger partial charge in [0.05, 0.1) is 19.8 Å². The molecule has 0 aromatic rings. The van der Waals surface area contributed by atoms with E-state index in [0.29, 0.717) is 26.3 Å². The lowest BCUT2D eigenvalue weighted by molar-refractivity contribution is -0.193. The number of carbonyl (C=O) groups excluding carboxylic acids is 1. The second-order valence-corrected chi connectivity index (χ2v) is 5.43. The highest BCUT2D eigenvalue weighted by atomic mass is 16.7. The fourth-order valence-corrected chi connectivity index (χ4v) is 2.73. The molecule has 0 saturated carbocycles. The quantitative estimate of drug-likeness (QED) is 0.820. The third kappa shape index (κ3) is 3.67. The number of rotatable bonds is 4. The van der Waals surface area contributed by atoms with Gasteiger partial charge in [-0.1, -0.05) is 6.92 Å². The number of aliphatic carboxylic acids is 1. The van der Waals surface area contributed by atoms with Gasteiger partial charge in [0.15, 0.2) is 5.79 Å². The Morgan fingerprint density at radius 3 is 2.63 bits per heavy atom. The molecule has 1 unspecified atom stereocenters. The molecule has 6 nitrogen and oxygen atoms in total. The highest BCUT2D eigenvalue weighted by molar-refractivity contribution is 5.77. The molecule has 1 amide bonds. The van der Waals surface area contributed by atoms with Crippen molar-refractivity contribution in [3.05, 3.63) is 0 Å². The summed E-state index contributed by atoms with van der Waals surface area (Å²) in [5, 5.41) is 8.71. The Balaban J connectivity index is 1.86. The third-order valence-electron chi connectivity index (χ3n) is 3.63. The Morgan fingerprint density at radius 1 is 1.32 bits per heavy atom. The second kappa shape index (κ2) is 5.88. The summed E-state index contributed by atoms with van der Waals surface area (Å²) in [6.07, 6.45) is 1.97. The molecule has 108 valence electrons. The Hall–Kier alpha value is -1.14. The van der Waals surface area contributed by atoms with Crippen LogP contribution in [0.3, 0.4) is 0 Å². The SMILES string of the molecule is CC(CC(=O)O)CC(=O)N1CCCC2(C1)OCCO2. The standard InChI is InChI=1S/C13H21NO5/c1-10(8-12(16)17)7-11(15)14-4-2-3-13(9-14)18-5-6-19-13/h10H,2-9H2,1H3,(H,16,17). The summed E-state index contributed by atoms with van der Waals surface area (Å²) < 4.78 is 11.2. The van der Waals surface area contributed by atoms with Crippen molar-refractivity contribution < 1.29 is 24.2 Å². The molecular weight excluding hydrogens is 250 g/mol. The van der Waals surface area contributed by atoms with Crippen molar-refractivity contribution in [2.24, 2.45) is 5.92 Å². The zero-order valence-corrected chi connectivity index (χ0v) is 11.3. The zero-order valence-electron chi connectivity index (χ0n) is 11.3. The second-order valence-electron chi connectivity index (χ2n) is 5.43. The highest BCUT2D eigenvalue weighted by Crippen LogP contribution is 2.30. The van der Waals surface area contributed by atoms with E-state index in [2.05, 4.69) is 0 Å². The largest absolute Gasteiger partial charge is 0.481 e. The van der Waals surface area contributed by atoms with Crippen molar-refractivity contribution in [1.82, 2.24) is 4.90 Å². The first-order valence-corrected chi connectivity index (χ1v) is 6.78. The molecule has 2 fully saturated rings. The summed E-state index contributed by atoms with van der Waals surface area (Å²) in [4.78, 5) is 24.5. The van der Waals surface area contributed by atoms with Crippen LogP contribution in [0.5, 0.6) is 0 Å². The number of ether oxygens (including phenoxy) is 2. The van der Waals surface area contributed by atoms with Crippen LogP contribution in [0, 0.1) is 5.92 Å². The van der Waals surface area contributed by atoms with Gasteiger partial charge in [-0.05, 0) is 12.3 Å². The highest BCUT2D eigenvalue weighted by Gasteiger charge is 2.42. The van der Waals surface area contributed by atoms with Crippen LogP contribution in [-0.2, 0) is 19.1 Å². The van der Waals surface area contributed by atoms with E-state index in [9.17, 15) is 9.59 Å². The minimum atomic E-state index is -0.863. The van der Waals surface area contributed by atoms with Crippen molar-refractivity contribution in [2.45, 2.75) is 38.4 Å². The van der Waals surface area contributed by atoms with E-state index >= 15 is 0 Å². The summed E-state index contributed by atoms with van der Waals surface area (Å²) in [7, 11) is 0. The van der Waals surface area contributed by atoms with Gasteiger partial charge in [0, 0.05) is 25.8 Å². The van der Waals surface area contributed by atoms with Gasteiger partial charge < -0.3 is 19.5 Å². The Kier molecular flexibility index (Phi) is 4.42. The molecule has 2 heterocycles. The first kappa shape index (κ1) is 14.3. The number of hydrogen-bond acceptors (Lipinski definition) is 4. The van der Waals surface area contributed by atoms with Gasteiger partial charge >= 0.3 is 5.97 Å². The lowest BCUT2D eigenvalue weighted by atomic mass is 10.00. The first-order chi connectivity index (χ1) is 9.01. The average Bonchev–Trinajstić information content (AvgIpc) is 2.76. The normalized spacial score (nSPS) is 23.5. The molecule has 2 aliphatic heterocycles. The number of carbonyl (C=O) groups is 2.